The Labute approximate surface area is 233 Å². The fourth-order valence-electron chi connectivity index (χ4n) is 11.2. The van der Waals surface area contributed by atoms with Gasteiger partial charge in [0.25, 0.3) is 0 Å². The lowest BCUT2D eigenvalue weighted by Crippen LogP contribution is -2.60. The van der Waals surface area contributed by atoms with Crippen LogP contribution in [0.3, 0.4) is 0 Å². The first kappa shape index (κ1) is 28.4. The normalized spacial score (nSPS) is 51.6. The molecule has 0 aromatic heterocycles. The number of ketones is 1. The lowest BCUT2D eigenvalue weighted by atomic mass is 9.38. The van der Waals surface area contributed by atoms with Crippen LogP contribution in [-0.4, -0.2) is 17.9 Å². The van der Waals surface area contributed by atoms with E-state index >= 15 is 0 Å². The van der Waals surface area contributed by atoms with E-state index < -0.39 is 0 Å². The number of rotatable bonds is 4. The van der Waals surface area contributed by atoms with Crippen molar-refractivity contribution >= 4 is 11.8 Å². The van der Waals surface area contributed by atoms with Crippen molar-refractivity contribution in [2.75, 3.05) is 0 Å². The molecule has 0 N–H and O–H groups in total. The number of hydrogen-bond acceptors (Lipinski definition) is 3. The maximum atomic E-state index is 14.0. The molecule has 0 aromatic rings. The summed E-state index contributed by atoms with van der Waals surface area (Å²) in [5.74, 6) is 3.61. The molecular formula is C35H56O3. The van der Waals surface area contributed by atoms with Crippen LogP contribution < -0.4 is 0 Å². The standard InChI is InChI=1S/C35H56O3/c1-20-18-34(10)26-12-14-33(9)28(31(6,7)22(3)16-25-23(4)30(37)38-24(25)5)13-15-32(33,8)27(26)17-29(36)35(34,11)19-21(20)2/h17,20-26,28H,12-16,18-19H2,1-11H3/t20-,21+,22-,23+,24-,25+,26?,28-,32+,33-,34-,35+/m1/s1. The first-order valence-corrected chi connectivity index (χ1v) is 15.9. The molecule has 0 spiro atoms. The second kappa shape index (κ2) is 8.69. The molecule has 12 atom stereocenters. The van der Waals surface area contributed by atoms with Crippen LogP contribution in [0.1, 0.15) is 121 Å². The van der Waals surface area contributed by atoms with Gasteiger partial charge in [0.1, 0.15) is 6.10 Å². The number of carbonyl (C=O) groups is 2. The first-order chi connectivity index (χ1) is 17.4. The molecule has 3 heteroatoms. The molecule has 0 amide bonds. The molecular weight excluding hydrogens is 468 g/mol. The van der Waals surface area contributed by atoms with E-state index in [0.29, 0.717) is 41.3 Å². The van der Waals surface area contributed by atoms with E-state index in [4.69, 9.17) is 4.74 Å². The van der Waals surface area contributed by atoms with E-state index in [2.05, 4.69) is 82.2 Å². The van der Waals surface area contributed by atoms with Gasteiger partial charge in [-0.25, -0.2) is 0 Å². The zero-order valence-electron chi connectivity index (χ0n) is 26.4. The van der Waals surface area contributed by atoms with Crippen LogP contribution in [0.2, 0.25) is 0 Å². The summed E-state index contributed by atoms with van der Waals surface area (Å²) in [7, 11) is 0. The Balaban J connectivity index is 1.47. The van der Waals surface area contributed by atoms with Crippen LogP contribution in [0.15, 0.2) is 11.6 Å². The number of hydrogen-bond donors (Lipinski definition) is 0. The summed E-state index contributed by atoms with van der Waals surface area (Å²) in [6.07, 6.45) is 10.4. The number of ether oxygens (including phenoxy) is 1. The molecule has 3 nitrogen and oxygen atoms in total. The van der Waals surface area contributed by atoms with Gasteiger partial charge in [-0.1, -0.05) is 74.8 Å². The summed E-state index contributed by atoms with van der Waals surface area (Å²) < 4.78 is 5.61. The first-order valence-electron chi connectivity index (χ1n) is 15.9. The van der Waals surface area contributed by atoms with Crippen molar-refractivity contribution in [2.45, 2.75) is 127 Å². The van der Waals surface area contributed by atoms with Gasteiger partial charge in [-0.2, -0.15) is 0 Å². The number of fused-ring (bicyclic) bond motifs is 5. The summed E-state index contributed by atoms with van der Waals surface area (Å²) in [5, 5.41) is 0. The van der Waals surface area contributed by atoms with Gasteiger partial charge in [0.2, 0.25) is 0 Å². The lowest BCUT2D eigenvalue weighted by molar-refractivity contribution is -0.152. The predicted octanol–water partition coefficient (Wildman–Crippen LogP) is 8.66. The van der Waals surface area contributed by atoms with Crippen LogP contribution >= 0.6 is 0 Å². The minimum atomic E-state index is -0.225. The van der Waals surface area contributed by atoms with Crippen LogP contribution in [0.5, 0.6) is 0 Å². The lowest BCUT2D eigenvalue weighted by Gasteiger charge is -2.65. The van der Waals surface area contributed by atoms with E-state index in [0.717, 1.165) is 12.8 Å². The largest absolute Gasteiger partial charge is 0.462 e. The third-order valence-corrected chi connectivity index (χ3v) is 14.9. The van der Waals surface area contributed by atoms with Crippen molar-refractivity contribution in [3.8, 4) is 0 Å². The number of esters is 1. The molecule has 0 aromatic carbocycles. The van der Waals surface area contributed by atoms with Gasteiger partial charge in [0.15, 0.2) is 5.78 Å². The van der Waals surface area contributed by atoms with E-state index in [1.54, 1.807) is 0 Å². The zero-order valence-corrected chi connectivity index (χ0v) is 26.4. The fourth-order valence-corrected chi connectivity index (χ4v) is 11.2. The zero-order chi connectivity index (χ0) is 28.2. The Morgan fingerprint density at radius 3 is 2.16 bits per heavy atom. The van der Waals surface area contributed by atoms with Crippen molar-refractivity contribution in [2.24, 2.45) is 68.5 Å². The van der Waals surface area contributed by atoms with Gasteiger partial charge in [0.05, 0.1) is 5.92 Å². The number of carbonyl (C=O) groups excluding carboxylic acids is 2. The van der Waals surface area contributed by atoms with Crippen LogP contribution in [0, 0.1) is 68.5 Å². The highest BCUT2D eigenvalue weighted by Crippen LogP contribution is 2.75. The quantitative estimate of drug-likeness (QED) is 0.346. The summed E-state index contributed by atoms with van der Waals surface area (Å²) >= 11 is 0. The SMILES string of the molecule is C[C@@H]1C[C@]2(C)C3CC[C@]4(C)[C@@H](C(C)(C)[C@H](C)C[C@H]5[C@H](C)C(=O)O[C@@H]5C)CC[C@@]4(C)C3=CC(=O)[C@]2(C)C[C@@H]1C. The smallest absolute Gasteiger partial charge is 0.309 e. The van der Waals surface area contributed by atoms with Gasteiger partial charge < -0.3 is 4.74 Å². The minimum absolute atomic E-state index is 0.00261. The molecule has 0 bridgehead atoms. The third-order valence-electron chi connectivity index (χ3n) is 14.9. The molecule has 38 heavy (non-hydrogen) atoms. The Kier molecular flexibility index (Phi) is 6.50. The topological polar surface area (TPSA) is 43.4 Å². The van der Waals surface area contributed by atoms with Crippen LogP contribution in [0.4, 0.5) is 0 Å². The van der Waals surface area contributed by atoms with E-state index in [-0.39, 0.29) is 45.1 Å². The molecule has 5 aliphatic rings. The average Bonchev–Trinajstić information content (AvgIpc) is 3.24. The van der Waals surface area contributed by atoms with Gasteiger partial charge in [0, 0.05) is 11.3 Å². The third kappa shape index (κ3) is 3.50. The monoisotopic (exact) mass is 524 g/mol. The Morgan fingerprint density at radius 1 is 0.921 bits per heavy atom. The molecule has 214 valence electrons. The number of allylic oxidation sites excluding steroid dienone is 2. The second-order valence-corrected chi connectivity index (χ2v) is 16.6. The van der Waals surface area contributed by atoms with Crippen LogP contribution in [-0.2, 0) is 14.3 Å². The maximum absolute atomic E-state index is 14.0. The summed E-state index contributed by atoms with van der Waals surface area (Å²) in [6, 6.07) is 0. The molecule has 5 rings (SSSR count). The van der Waals surface area contributed by atoms with Crippen molar-refractivity contribution in [3.05, 3.63) is 11.6 Å². The summed E-state index contributed by atoms with van der Waals surface area (Å²) in [5.41, 5.74) is 1.77. The molecule has 4 aliphatic carbocycles. The van der Waals surface area contributed by atoms with E-state index in [9.17, 15) is 9.59 Å². The molecule has 3 saturated carbocycles. The van der Waals surface area contributed by atoms with Gasteiger partial charge >= 0.3 is 5.97 Å². The minimum Gasteiger partial charge on any atom is -0.462 e. The van der Waals surface area contributed by atoms with Crippen LogP contribution in [0.25, 0.3) is 0 Å². The molecule has 1 aliphatic heterocycles. The summed E-state index contributed by atoms with van der Waals surface area (Å²) in [6.45, 7) is 26.3. The number of cyclic esters (lactones) is 1. The highest BCUT2D eigenvalue weighted by molar-refractivity contribution is 5.97. The molecule has 1 saturated heterocycles. The van der Waals surface area contributed by atoms with Gasteiger partial charge in [-0.05, 0) is 109 Å². The van der Waals surface area contributed by atoms with Gasteiger partial charge in [-0.15, -0.1) is 0 Å². The van der Waals surface area contributed by atoms with E-state index in [1.807, 2.05) is 0 Å². The Bertz CT molecular complexity index is 1040. The Hall–Kier alpha value is -1.12. The Morgan fingerprint density at radius 2 is 1.55 bits per heavy atom. The molecule has 1 heterocycles. The molecule has 0 radical (unpaired) electrons. The van der Waals surface area contributed by atoms with Crippen molar-refractivity contribution in [3.63, 3.8) is 0 Å². The van der Waals surface area contributed by atoms with Crippen molar-refractivity contribution in [1.82, 2.24) is 0 Å². The average molecular weight is 525 g/mol. The van der Waals surface area contributed by atoms with Gasteiger partial charge in [-0.3, -0.25) is 9.59 Å². The second-order valence-electron chi connectivity index (χ2n) is 16.6. The van der Waals surface area contributed by atoms with Crippen molar-refractivity contribution < 1.29 is 14.3 Å². The van der Waals surface area contributed by atoms with E-state index in [1.165, 1.54) is 37.7 Å². The highest BCUT2D eigenvalue weighted by atomic mass is 16.6. The predicted molar refractivity (Wildman–Crippen MR) is 154 cm³/mol. The molecule has 1 unspecified atom stereocenters. The maximum Gasteiger partial charge on any atom is 0.309 e. The molecule has 4 fully saturated rings. The highest BCUT2D eigenvalue weighted by Gasteiger charge is 2.68. The summed E-state index contributed by atoms with van der Waals surface area (Å²) in [4.78, 5) is 26.3. The van der Waals surface area contributed by atoms with Crippen molar-refractivity contribution in [1.29, 1.82) is 0 Å². The fraction of sp³-hybridized carbons (Fsp3) is 0.886.